The zero-order valence-electron chi connectivity index (χ0n) is 8.70. The summed E-state index contributed by atoms with van der Waals surface area (Å²) in [5, 5.41) is 0. The van der Waals surface area contributed by atoms with E-state index in [1.165, 1.54) is 0 Å². The Morgan fingerprint density at radius 2 is 1.50 bits per heavy atom. The van der Waals surface area contributed by atoms with E-state index >= 15 is 0 Å². The normalized spacial score (nSPS) is 49.2. The summed E-state index contributed by atoms with van der Waals surface area (Å²) < 4.78 is 11.2. The number of hydrogen-bond acceptors (Lipinski definition) is 2. The van der Waals surface area contributed by atoms with Gasteiger partial charge < -0.3 is 9.47 Å². The quantitative estimate of drug-likeness (QED) is 0.603. The topological polar surface area (TPSA) is 18.5 Å². The third-order valence-corrected chi connectivity index (χ3v) is 3.25. The monoisotopic (exact) mass is 172 g/mol. The van der Waals surface area contributed by atoms with Crippen LogP contribution in [-0.2, 0) is 9.47 Å². The first-order valence-corrected chi connectivity index (χ1v) is 4.76. The molecule has 0 aromatic rings. The highest BCUT2D eigenvalue weighted by Crippen LogP contribution is 2.31. The van der Waals surface area contributed by atoms with Gasteiger partial charge in [0.15, 0.2) is 0 Å². The van der Waals surface area contributed by atoms with Crippen LogP contribution < -0.4 is 0 Å². The van der Waals surface area contributed by atoms with E-state index in [4.69, 9.17) is 9.47 Å². The van der Waals surface area contributed by atoms with Crippen LogP contribution in [0.1, 0.15) is 27.7 Å². The Morgan fingerprint density at radius 1 is 0.917 bits per heavy atom. The largest absolute Gasteiger partial charge is 0.378 e. The van der Waals surface area contributed by atoms with Gasteiger partial charge in [-0.2, -0.15) is 0 Å². The maximum atomic E-state index is 5.75. The molecule has 72 valence electrons. The molecule has 0 aromatic heterocycles. The molecule has 0 saturated carbocycles. The lowest BCUT2D eigenvalue weighted by Gasteiger charge is -2.41. The Morgan fingerprint density at radius 3 is 2.00 bits per heavy atom. The van der Waals surface area contributed by atoms with E-state index in [1.54, 1.807) is 7.11 Å². The van der Waals surface area contributed by atoms with E-state index < -0.39 is 0 Å². The minimum atomic E-state index is 0.233. The lowest BCUT2D eigenvalue weighted by Crippen LogP contribution is -2.47. The van der Waals surface area contributed by atoms with Gasteiger partial charge in [0, 0.05) is 7.11 Å². The second-order valence-electron chi connectivity index (χ2n) is 3.96. The highest BCUT2D eigenvalue weighted by atomic mass is 16.5. The Bertz CT molecular complexity index is 147. The summed E-state index contributed by atoms with van der Waals surface area (Å²) in [6.45, 7) is 8.71. The fourth-order valence-electron chi connectivity index (χ4n) is 2.10. The molecule has 1 fully saturated rings. The van der Waals surface area contributed by atoms with Crippen LogP contribution in [0.3, 0.4) is 0 Å². The summed E-state index contributed by atoms with van der Waals surface area (Å²) in [5.74, 6) is 1.18. The maximum absolute atomic E-state index is 5.75. The Balaban J connectivity index is 2.65. The molecule has 5 atom stereocenters. The lowest BCUT2D eigenvalue weighted by molar-refractivity contribution is -0.165. The molecule has 0 aromatic carbocycles. The van der Waals surface area contributed by atoms with E-state index in [2.05, 4.69) is 27.7 Å². The second-order valence-corrected chi connectivity index (χ2v) is 3.96. The first-order chi connectivity index (χ1) is 5.57. The molecule has 2 unspecified atom stereocenters. The maximum Gasteiger partial charge on any atom is 0.0859 e. The molecule has 2 nitrogen and oxygen atoms in total. The predicted molar refractivity (Wildman–Crippen MR) is 49.1 cm³/mol. The predicted octanol–water partition coefficient (Wildman–Crippen LogP) is 2.08. The van der Waals surface area contributed by atoms with E-state index in [9.17, 15) is 0 Å². The third kappa shape index (κ3) is 1.64. The molecule has 0 radical (unpaired) electrons. The zero-order valence-corrected chi connectivity index (χ0v) is 8.70. The van der Waals surface area contributed by atoms with Gasteiger partial charge in [-0.15, -0.1) is 0 Å². The molecule has 0 amide bonds. The number of ether oxygens (including phenoxy) is 2. The highest BCUT2D eigenvalue weighted by Gasteiger charge is 2.37. The van der Waals surface area contributed by atoms with Crippen molar-refractivity contribution in [2.24, 2.45) is 11.8 Å². The number of rotatable bonds is 1. The van der Waals surface area contributed by atoms with Crippen LogP contribution in [0.4, 0.5) is 0 Å². The van der Waals surface area contributed by atoms with Gasteiger partial charge in [-0.25, -0.2) is 0 Å². The lowest BCUT2D eigenvalue weighted by atomic mass is 9.82. The Kier molecular flexibility index (Phi) is 3.13. The summed E-state index contributed by atoms with van der Waals surface area (Å²) in [5.41, 5.74) is 0. The van der Waals surface area contributed by atoms with Crippen molar-refractivity contribution in [1.82, 2.24) is 0 Å². The van der Waals surface area contributed by atoms with Crippen LogP contribution in [-0.4, -0.2) is 25.4 Å². The van der Waals surface area contributed by atoms with Gasteiger partial charge in [0.05, 0.1) is 18.3 Å². The van der Waals surface area contributed by atoms with Gasteiger partial charge in [0.25, 0.3) is 0 Å². The van der Waals surface area contributed by atoms with Gasteiger partial charge in [-0.05, 0) is 25.7 Å². The van der Waals surface area contributed by atoms with Crippen LogP contribution in [0.25, 0.3) is 0 Å². The number of methoxy groups -OCH3 is 1. The van der Waals surface area contributed by atoms with Crippen molar-refractivity contribution in [2.45, 2.75) is 46.0 Å². The van der Waals surface area contributed by atoms with Gasteiger partial charge in [0.1, 0.15) is 0 Å². The van der Waals surface area contributed by atoms with Crippen molar-refractivity contribution < 1.29 is 9.47 Å². The van der Waals surface area contributed by atoms with Crippen molar-refractivity contribution in [3.8, 4) is 0 Å². The van der Waals surface area contributed by atoms with Crippen molar-refractivity contribution in [2.75, 3.05) is 7.11 Å². The zero-order chi connectivity index (χ0) is 9.30. The first kappa shape index (κ1) is 10.0. The molecule has 0 bridgehead atoms. The third-order valence-electron chi connectivity index (χ3n) is 3.25. The van der Waals surface area contributed by atoms with E-state index in [0.717, 1.165) is 0 Å². The van der Waals surface area contributed by atoms with Gasteiger partial charge in [0.2, 0.25) is 0 Å². The number of hydrogen-bond donors (Lipinski definition) is 0. The summed E-state index contributed by atoms with van der Waals surface area (Å²) in [6, 6.07) is 0. The van der Waals surface area contributed by atoms with Crippen LogP contribution >= 0.6 is 0 Å². The van der Waals surface area contributed by atoms with Gasteiger partial charge in [-0.3, -0.25) is 0 Å². The standard InChI is InChI=1S/C10H20O2/c1-6-7(2)10(11-5)9(4)12-8(6)3/h6-10H,1-5H3/t6-,7-,8?,9-,10?/m0/s1. The fraction of sp³-hybridized carbons (Fsp3) is 1.00. The van der Waals surface area contributed by atoms with Crippen molar-refractivity contribution in [3.05, 3.63) is 0 Å². The minimum absolute atomic E-state index is 0.233. The highest BCUT2D eigenvalue weighted by molar-refractivity contribution is 4.84. The van der Waals surface area contributed by atoms with Crippen molar-refractivity contribution in [1.29, 1.82) is 0 Å². The van der Waals surface area contributed by atoms with Crippen molar-refractivity contribution >= 4 is 0 Å². The van der Waals surface area contributed by atoms with Gasteiger partial charge >= 0.3 is 0 Å². The van der Waals surface area contributed by atoms with Gasteiger partial charge in [-0.1, -0.05) is 13.8 Å². The molecule has 0 aliphatic carbocycles. The molecular formula is C10H20O2. The average molecular weight is 172 g/mol. The molecule has 0 N–H and O–H groups in total. The van der Waals surface area contributed by atoms with Crippen LogP contribution in [0.15, 0.2) is 0 Å². The molecule has 1 saturated heterocycles. The summed E-state index contributed by atoms with van der Waals surface area (Å²) in [7, 11) is 1.77. The first-order valence-electron chi connectivity index (χ1n) is 4.76. The van der Waals surface area contributed by atoms with Crippen LogP contribution in [0.5, 0.6) is 0 Å². The van der Waals surface area contributed by atoms with E-state index in [-0.39, 0.29) is 12.2 Å². The molecule has 1 rings (SSSR count). The summed E-state index contributed by atoms with van der Waals surface area (Å²) in [4.78, 5) is 0. The SMILES string of the molecule is COC1[C@H](C)OC(C)[C@@H](C)[C@@H]1C. The van der Waals surface area contributed by atoms with Crippen LogP contribution in [0.2, 0.25) is 0 Å². The van der Waals surface area contributed by atoms with E-state index in [1.807, 2.05) is 0 Å². The molecule has 12 heavy (non-hydrogen) atoms. The average Bonchev–Trinajstić information content (AvgIpc) is 2.01. The molecule has 2 heteroatoms. The molecule has 1 heterocycles. The smallest absolute Gasteiger partial charge is 0.0859 e. The second kappa shape index (κ2) is 3.75. The fourth-order valence-corrected chi connectivity index (χ4v) is 2.10. The van der Waals surface area contributed by atoms with Crippen LogP contribution in [0, 0.1) is 11.8 Å². The molecular weight excluding hydrogens is 152 g/mol. The Labute approximate surface area is 75.2 Å². The summed E-state index contributed by atoms with van der Waals surface area (Å²) in [6.07, 6.45) is 0.855. The summed E-state index contributed by atoms with van der Waals surface area (Å²) >= 11 is 0. The molecule has 0 spiro atoms. The minimum Gasteiger partial charge on any atom is -0.378 e. The van der Waals surface area contributed by atoms with E-state index in [0.29, 0.717) is 17.9 Å². The Hall–Kier alpha value is -0.0800. The molecule has 1 aliphatic heterocycles. The molecule has 1 aliphatic rings. The van der Waals surface area contributed by atoms with Crippen molar-refractivity contribution in [3.63, 3.8) is 0 Å².